The molecule has 2 heterocycles. The van der Waals surface area contributed by atoms with Crippen molar-refractivity contribution in [3.8, 4) is 5.75 Å². The van der Waals surface area contributed by atoms with Crippen LogP contribution in [0.1, 0.15) is 36.4 Å². The summed E-state index contributed by atoms with van der Waals surface area (Å²) >= 11 is 0. The van der Waals surface area contributed by atoms with E-state index in [1.807, 2.05) is 29.2 Å². The zero-order chi connectivity index (χ0) is 17.2. The predicted octanol–water partition coefficient (Wildman–Crippen LogP) is 3.51. The molecule has 4 heteroatoms. The Morgan fingerprint density at radius 1 is 1.04 bits per heavy atom. The number of rotatable bonds is 3. The van der Waals surface area contributed by atoms with Crippen molar-refractivity contribution in [2.75, 3.05) is 24.5 Å². The Balaban J connectivity index is 1.50. The standard InChI is InChI=1S/C21H24N2O2/c24-18-11-9-17(10-12-18)19-8-4-13-22(19)15-21(25)23-14-3-6-16-5-1-2-7-20(16)23/h1-2,5,7,9-12,19,24H,3-4,6,8,13-15H2/t19-/m1/s1. The van der Waals surface area contributed by atoms with E-state index in [2.05, 4.69) is 17.0 Å². The van der Waals surface area contributed by atoms with E-state index in [0.29, 0.717) is 6.54 Å². The molecule has 0 saturated carbocycles. The number of anilines is 1. The lowest BCUT2D eigenvalue weighted by Crippen LogP contribution is -2.42. The number of aryl methyl sites for hydroxylation is 1. The van der Waals surface area contributed by atoms with E-state index in [-0.39, 0.29) is 17.7 Å². The molecule has 1 amide bonds. The number of amides is 1. The molecule has 0 unspecified atom stereocenters. The van der Waals surface area contributed by atoms with Gasteiger partial charge in [-0.25, -0.2) is 0 Å². The first-order chi connectivity index (χ1) is 12.2. The van der Waals surface area contributed by atoms with Crippen LogP contribution in [0.5, 0.6) is 5.75 Å². The Morgan fingerprint density at radius 2 is 1.84 bits per heavy atom. The van der Waals surface area contributed by atoms with Crippen molar-refractivity contribution in [1.29, 1.82) is 0 Å². The lowest BCUT2D eigenvalue weighted by atomic mass is 10.0. The van der Waals surface area contributed by atoms with Crippen LogP contribution in [0.25, 0.3) is 0 Å². The normalized spacial score (nSPS) is 20.5. The minimum absolute atomic E-state index is 0.192. The van der Waals surface area contributed by atoms with E-state index < -0.39 is 0 Å². The van der Waals surface area contributed by atoms with E-state index >= 15 is 0 Å². The van der Waals surface area contributed by atoms with Crippen LogP contribution in [-0.4, -0.2) is 35.5 Å². The number of carbonyl (C=O) groups is 1. The van der Waals surface area contributed by atoms with Crippen molar-refractivity contribution >= 4 is 11.6 Å². The molecule has 2 aliphatic heterocycles. The molecule has 1 N–H and O–H groups in total. The number of fused-ring (bicyclic) bond motifs is 1. The fourth-order valence-electron chi connectivity index (χ4n) is 4.14. The van der Waals surface area contributed by atoms with Crippen LogP contribution in [0.2, 0.25) is 0 Å². The number of benzene rings is 2. The van der Waals surface area contributed by atoms with Crippen LogP contribution < -0.4 is 4.90 Å². The summed E-state index contributed by atoms with van der Waals surface area (Å²) < 4.78 is 0. The maximum atomic E-state index is 13.0. The third-order valence-corrected chi connectivity index (χ3v) is 5.39. The summed E-state index contributed by atoms with van der Waals surface area (Å²) in [4.78, 5) is 17.2. The number of phenolic OH excluding ortho intramolecular Hbond substituents is 1. The van der Waals surface area contributed by atoms with Gasteiger partial charge in [-0.2, -0.15) is 0 Å². The number of hydrogen-bond acceptors (Lipinski definition) is 3. The SMILES string of the molecule is O=C(CN1CCC[C@@H]1c1ccc(O)cc1)N1CCCc2ccccc21. The monoisotopic (exact) mass is 336 g/mol. The van der Waals surface area contributed by atoms with Gasteiger partial charge in [-0.05, 0) is 61.6 Å². The number of likely N-dealkylation sites (tertiary alicyclic amines) is 1. The summed E-state index contributed by atoms with van der Waals surface area (Å²) in [7, 11) is 0. The van der Waals surface area contributed by atoms with Crippen LogP contribution in [0.15, 0.2) is 48.5 Å². The lowest BCUT2D eigenvalue weighted by Gasteiger charge is -2.32. The van der Waals surface area contributed by atoms with E-state index in [1.54, 1.807) is 12.1 Å². The summed E-state index contributed by atoms with van der Waals surface area (Å²) in [5, 5.41) is 9.50. The van der Waals surface area contributed by atoms with Crippen LogP contribution in [0.3, 0.4) is 0 Å². The topological polar surface area (TPSA) is 43.8 Å². The van der Waals surface area contributed by atoms with Crippen molar-refractivity contribution < 1.29 is 9.90 Å². The number of aromatic hydroxyl groups is 1. The van der Waals surface area contributed by atoms with Gasteiger partial charge < -0.3 is 10.0 Å². The Morgan fingerprint density at radius 3 is 2.68 bits per heavy atom. The molecule has 0 aromatic heterocycles. The molecular weight excluding hydrogens is 312 g/mol. The van der Waals surface area contributed by atoms with Gasteiger partial charge in [-0.1, -0.05) is 30.3 Å². The molecule has 130 valence electrons. The minimum Gasteiger partial charge on any atom is -0.508 e. The number of hydrogen-bond donors (Lipinski definition) is 1. The molecule has 0 aliphatic carbocycles. The van der Waals surface area contributed by atoms with Gasteiger partial charge in [0, 0.05) is 18.3 Å². The summed E-state index contributed by atoms with van der Waals surface area (Å²) in [6.45, 7) is 2.22. The summed E-state index contributed by atoms with van der Waals surface area (Å²) in [5.41, 5.74) is 3.54. The number of nitrogens with zero attached hydrogens (tertiary/aromatic N) is 2. The molecule has 4 nitrogen and oxygen atoms in total. The summed E-state index contributed by atoms with van der Waals surface area (Å²) in [6.07, 6.45) is 4.26. The predicted molar refractivity (Wildman–Crippen MR) is 98.8 cm³/mol. The van der Waals surface area contributed by atoms with Crippen molar-refractivity contribution in [3.63, 3.8) is 0 Å². The second-order valence-electron chi connectivity index (χ2n) is 7.00. The van der Waals surface area contributed by atoms with Gasteiger partial charge in [0.25, 0.3) is 0 Å². The highest BCUT2D eigenvalue weighted by atomic mass is 16.3. The van der Waals surface area contributed by atoms with Crippen molar-refractivity contribution in [2.24, 2.45) is 0 Å². The Hall–Kier alpha value is -2.33. The average Bonchev–Trinajstić information content (AvgIpc) is 3.10. The van der Waals surface area contributed by atoms with Crippen LogP contribution in [0.4, 0.5) is 5.69 Å². The highest BCUT2D eigenvalue weighted by Crippen LogP contribution is 2.33. The van der Waals surface area contributed by atoms with E-state index in [4.69, 9.17) is 0 Å². The smallest absolute Gasteiger partial charge is 0.241 e. The van der Waals surface area contributed by atoms with Gasteiger partial charge in [-0.3, -0.25) is 9.69 Å². The van der Waals surface area contributed by atoms with Gasteiger partial charge >= 0.3 is 0 Å². The number of para-hydroxylation sites is 1. The zero-order valence-electron chi connectivity index (χ0n) is 14.4. The zero-order valence-corrected chi connectivity index (χ0v) is 14.4. The van der Waals surface area contributed by atoms with Crippen LogP contribution >= 0.6 is 0 Å². The van der Waals surface area contributed by atoms with Crippen LogP contribution in [-0.2, 0) is 11.2 Å². The molecule has 1 atom stereocenters. The molecular formula is C21H24N2O2. The summed E-state index contributed by atoms with van der Waals surface area (Å²) in [5.74, 6) is 0.479. The average molecular weight is 336 g/mol. The third-order valence-electron chi connectivity index (χ3n) is 5.39. The molecule has 0 spiro atoms. The van der Waals surface area contributed by atoms with Gasteiger partial charge in [0.05, 0.1) is 6.54 Å². The fourth-order valence-corrected chi connectivity index (χ4v) is 4.14. The van der Waals surface area contributed by atoms with E-state index in [9.17, 15) is 9.90 Å². The van der Waals surface area contributed by atoms with E-state index in [0.717, 1.165) is 44.5 Å². The first-order valence-electron chi connectivity index (χ1n) is 9.13. The third kappa shape index (κ3) is 3.27. The lowest BCUT2D eigenvalue weighted by molar-refractivity contribution is -0.120. The Bertz CT molecular complexity index is 757. The van der Waals surface area contributed by atoms with Gasteiger partial charge in [0.1, 0.15) is 5.75 Å². The molecule has 1 saturated heterocycles. The number of phenols is 1. The Labute approximate surface area is 148 Å². The quantitative estimate of drug-likeness (QED) is 0.933. The highest BCUT2D eigenvalue weighted by molar-refractivity contribution is 5.96. The molecule has 0 bridgehead atoms. The maximum absolute atomic E-state index is 13.0. The first kappa shape index (κ1) is 16.2. The number of carbonyl (C=O) groups excluding carboxylic acids is 1. The second-order valence-corrected chi connectivity index (χ2v) is 7.00. The molecule has 1 fully saturated rings. The molecule has 25 heavy (non-hydrogen) atoms. The molecule has 2 aromatic carbocycles. The molecule has 0 radical (unpaired) electrons. The molecule has 2 aliphatic rings. The molecule has 2 aromatic rings. The van der Waals surface area contributed by atoms with Crippen LogP contribution in [0, 0.1) is 0 Å². The summed E-state index contributed by atoms with van der Waals surface area (Å²) in [6, 6.07) is 15.9. The van der Waals surface area contributed by atoms with Gasteiger partial charge in [0.2, 0.25) is 5.91 Å². The van der Waals surface area contributed by atoms with Crippen molar-refractivity contribution in [2.45, 2.75) is 31.7 Å². The highest BCUT2D eigenvalue weighted by Gasteiger charge is 2.30. The largest absolute Gasteiger partial charge is 0.508 e. The maximum Gasteiger partial charge on any atom is 0.241 e. The molecule has 4 rings (SSSR count). The van der Waals surface area contributed by atoms with Gasteiger partial charge in [0.15, 0.2) is 0 Å². The second kappa shape index (κ2) is 6.89. The first-order valence-corrected chi connectivity index (χ1v) is 9.13. The Kier molecular flexibility index (Phi) is 4.45. The van der Waals surface area contributed by atoms with E-state index in [1.165, 1.54) is 11.1 Å². The van der Waals surface area contributed by atoms with Crippen molar-refractivity contribution in [1.82, 2.24) is 4.90 Å². The van der Waals surface area contributed by atoms with Gasteiger partial charge in [-0.15, -0.1) is 0 Å². The van der Waals surface area contributed by atoms with Crippen molar-refractivity contribution in [3.05, 3.63) is 59.7 Å². The minimum atomic E-state index is 0.192. The fraction of sp³-hybridized carbons (Fsp3) is 0.381.